The molecule has 0 aliphatic rings. The zero-order valence-electron chi connectivity index (χ0n) is 12.5. The van der Waals surface area contributed by atoms with E-state index in [9.17, 15) is 9.90 Å². The van der Waals surface area contributed by atoms with E-state index in [0.717, 1.165) is 4.57 Å². The van der Waals surface area contributed by atoms with Crippen LogP contribution in [0.1, 0.15) is 23.6 Å². The van der Waals surface area contributed by atoms with Gasteiger partial charge in [-0.15, -0.1) is 0 Å². The van der Waals surface area contributed by atoms with Crippen molar-refractivity contribution in [2.45, 2.75) is 20.4 Å². The lowest BCUT2D eigenvalue weighted by Gasteiger charge is -2.12. The van der Waals surface area contributed by atoms with E-state index < -0.39 is 5.56 Å². The Hall–Kier alpha value is -2.29. The number of hydrogen-bond acceptors (Lipinski definition) is 4. The Bertz CT molecular complexity index is 896. The van der Waals surface area contributed by atoms with Crippen molar-refractivity contribution in [3.63, 3.8) is 0 Å². The van der Waals surface area contributed by atoms with Crippen LogP contribution in [0.25, 0.3) is 0 Å². The Kier molecular flexibility index (Phi) is 5.09. The van der Waals surface area contributed by atoms with E-state index >= 15 is 0 Å². The lowest BCUT2D eigenvalue weighted by Crippen LogP contribution is -2.24. The molecule has 0 bridgehead atoms. The molecule has 1 heterocycles. The third kappa shape index (κ3) is 3.24. The number of rotatable bonds is 3. The van der Waals surface area contributed by atoms with Crippen molar-refractivity contribution in [3.05, 3.63) is 55.3 Å². The van der Waals surface area contributed by atoms with Crippen molar-refractivity contribution in [1.29, 1.82) is 5.26 Å². The van der Waals surface area contributed by atoms with Gasteiger partial charge < -0.3 is 5.11 Å². The molecule has 1 aromatic heterocycles. The van der Waals surface area contributed by atoms with Gasteiger partial charge in [0.15, 0.2) is 0 Å². The van der Waals surface area contributed by atoms with Crippen LogP contribution in [0.4, 0.5) is 5.69 Å². The molecule has 0 atom stereocenters. The van der Waals surface area contributed by atoms with Crippen molar-refractivity contribution in [3.8, 4) is 11.9 Å². The minimum atomic E-state index is -0.522. The van der Waals surface area contributed by atoms with E-state index in [4.69, 9.17) is 28.5 Å². The molecule has 0 spiro atoms. The van der Waals surface area contributed by atoms with E-state index in [1.807, 2.05) is 6.07 Å². The van der Waals surface area contributed by atoms with Crippen LogP contribution >= 0.6 is 23.2 Å². The first-order valence-corrected chi connectivity index (χ1v) is 7.51. The maximum absolute atomic E-state index is 12.1. The molecule has 0 fully saturated rings. The number of pyridine rings is 1. The predicted molar refractivity (Wildman–Crippen MR) is 91.2 cm³/mol. The van der Waals surface area contributed by atoms with Gasteiger partial charge >= 0.3 is 0 Å². The average molecular weight is 350 g/mol. The van der Waals surface area contributed by atoms with E-state index in [2.05, 4.69) is 4.99 Å². The maximum Gasteiger partial charge on any atom is 0.271 e. The van der Waals surface area contributed by atoms with Crippen LogP contribution < -0.4 is 5.56 Å². The first kappa shape index (κ1) is 17.1. The first-order valence-electron chi connectivity index (χ1n) is 6.76. The fourth-order valence-corrected chi connectivity index (χ4v) is 2.60. The lowest BCUT2D eigenvalue weighted by molar-refractivity contribution is 0.409. The molecule has 0 aliphatic carbocycles. The molecule has 1 N–H and O–H groups in total. The summed E-state index contributed by atoms with van der Waals surface area (Å²) in [4.78, 5) is 16.3. The molecular weight excluding hydrogens is 337 g/mol. The highest BCUT2D eigenvalue weighted by molar-refractivity contribution is 6.36. The molecule has 118 valence electrons. The van der Waals surface area contributed by atoms with Gasteiger partial charge in [0.2, 0.25) is 5.88 Å². The highest BCUT2D eigenvalue weighted by atomic mass is 35.5. The summed E-state index contributed by atoms with van der Waals surface area (Å²) in [5.74, 6) is -0.233. The Balaban J connectivity index is 2.62. The quantitative estimate of drug-likeness (QED) is 0.855. The Morgan fingerprint density at radius 2 is 2.13 bits per heavy atom. The molecule has 5 nitrogen and oxygen atoms in total. The summed E-state index contributed by atoms with van der Waals surface area (Å²) in [6, 6.07) is 6.70. The number of nitriles is 1. The van der Waals surface area contributed by atoms with Crippen LogP contribution in [0.15, 0.2) is 28.0 Å². The van der Waals surface area contributed by atoms with E-state index in [0.29, 0.717) is 26.9 Å². The number of nitrogens with zero attached hydrogens (tertiary/aromatic N) is 3. The summed E-state index contributed by atoms with van der Waals surface area (Å²) in [6.07, 6.45) is 1.38. The van der Waals surface area contributed by atoms with Gasteiger partial charge in [-0.3, -0.25) is 14.4 Å². The lowest BCUT2D eigenvalue weighted by atomic mass is 10.1. The minimum absolute atomic E-state index is 0.0201. The van der Waals surface area contributed by atoms with Crippen molar-refractivity contribution < 1.29 is 5.11 Å². The number of halogens is 2. The summed E-state index contributed by atoms with van der Waals surface area (Å²) in [7, 11) is 0. The van der Waals surface area contributed by atoms with Crippen molar-refractivity contribution in [2.75, 3.05) is 0 Å². The molecule has 2 rings (SSSR count). The minimum Gasteiger partial charge on any atom is -0.494 e. The summed E-state index contributed by atoms with van der Waals surface area (Å²) < 4.78 is 1.12. The van der Waals surface area contributed by atoms with Gasteiger partial charge in [0.1, 0.15) is 11.6 Å². The van der Waals surface area contributed by atoms with E-state index in [1.54, 1.807) is 32.0 Å². The van der Waals surface area contributed by atoms with Gasteiger partial charge in [-0.25, -0.2) is 0 Å². The molecule has 0 unspecified atom stereocenters. The van der Waals surface area contributed by atoms with Crippen molar-refractivity contribution >= 4 is 35.1 Å². The third-order valence-electron chi connectivity index (χ3n) is 3.41. The van der Waals surface area contributed by atoms with E-state index in [-0.39, 0.29) is 18.0 Å². The second-order valence-corrected chi connectivity index (χ2v) is 5.60. The summed E-state index contributed by atoms with van der Waals surface area (Å²) in [5, 5.41) is 20.3. The standard InChI is InChI=1S/C16H13Cl2N3O2/c1-3-21-15(22)11(7-19)9(2)12(16(21)23)8-20-14-5-4-10(17)6-13(14)18/h4-6,8,23H,3H2,1-2H3. The second kappa shape index (κ2) is 6.86. The van der Waals surface area contributed by atoms with Gasteiger partial charge in [0.05, 0.1) is 16.3 Å². The molecule has 0 saturated carbocycles. The van der Waals surface area contributed by atoms with Crippen LogP contribution in [-0.4, -0.2) is 15.9 Å². The molecule has 0 aliphatic heterocycles. The van der Waals surface area contributed by atoms with Gasteiger partial charge in [-0.05, 0) is 37.6 Å². The van der Waals surface area contributed by atoms with Crippen molar-refractivity contribution in [2.24, 2.45) is 4.99 Å². The largest absolute Gasteiger partial charge is 0.494 e. The van der Waals surface area contributed by atoms with Crippen LogP contribution in [0.5, 0.6) is 5.88 Å². The number of hydrogen-bond donors (Lipinski definition) is 1. The smallest absolute Gasteiger partial charge is 0.271 e. The molecule has 7 heteroatoms. The highest BCUT2D eigenvalue weighted by Crippen LogP contribution is 2.28. The molecule has 0 amide bonds. The predicted octanol–water partition coefficient (Wildman–Crippen LogP) is 3.81. The van der Waals surface area contributed by atoms with E-state index in [1.165, 1.54) is 6.21 Å². The molecule has 23 heavy (non-hydrogen) atoms. The maximum atomic E-state index is 12.1. The van der Waals surface area contributed by atoms with Gasteiger partial charge in [-0.1, -0.05) is 23.2 Å². The molecule has 0 radical (unpaired) electrons. The SMILES string of the molecule is CCn1c(O)c(C=Nc2ccc(Cl)cc2Cl)c(C)c(C#N)c1=O. The number of aliphatic imine (C=N–C) groups is 1. The number of aromatic nitrogens is 1. The average Bonchev–Trinajstić information content (AvgIpc) is 2.50. The second-order valence-electron chi connectivity index (χ2n) is 4.75. The fourth-order valence-electron chi connectivity index (χ4n) is 2.14. The van der Waals surface area contributed by atoms with Crippen LogP contribution in [-0.2, 0) is 6.54 Å². The molecule has 2 aromatic rings. The Morgan fingerprint density at radius 1 is 1.43 bits per heavy atom. The molecule has 0 saturated heterocycles. The zero-order chi connectivity index (χ0) is 17.1. The Labute approximate surface area is 143 Å². The Morgan fingerprint density at radius 3 is 2.70 bits per heavy atom. The number of aromatic hydroxyl groups is 1. The summed E-state index contributed by atoms with van der Waals surface area (Å²) in [6.45, 7) is 3.53. The normalized spacial score (nSPS) is 10.9. The number of benzene rings is 1. The molecule has 1 aromatic carbocycles. The summed E-state index contributed by atoms with van der Waals surface area (Å²) >= 11 is 11.9. The first-order chi connectivity index (χ1) is 10.9. The molecular formula is C16H13Cl2N3O2. The topological polar surface area (TPSA) is 78.4 Å². The van der Waals surface area contributed by atoms with Gasteiger partial charge in [-0.2, -0.15) is 5.26 Å². The highest BCUT2D eigenvalue weighted by Gasteiger charge is 2.17. The zero-order valence-corrected chi connectivity index (χ0v) is 14.0. The van der Waals surface area contributed by atoms with Gasteiger partial charge in [0.25, 0.3) is 5.56 Å². The van der Waals surface area contributed by atoms with Crippen LogP contribution in [0, 0.1) is 18.3 Å². The van der Waals surface area contributed by atoms with Gasteiger partial charge in [0, 0.05) is 17.8 Å². The third-order valence-corrected chi connectivity index (χ3v) is 3.94. The summed E-state index contributed by atoms with van der Waals surface area (Å²) in [5.41, 5.74) is 0.588. The fraction of sp³-hybridized carbons (Fsp3) is 0.188. The monoisotopic (exact) mass is 349 g/mol. The van der Waals surface area contributed by atoms with Crippen molar-refractivity contribution in [1.82, 2.24) is 4.57 Å². The van der Waals surface area contributed by atoms with Crippen LogP contribution in [0.3, 0.4) is 0 Å². The van der Waals surface area contributed by atoms with Crippen LogP contribution in [0.2, 0.25) is 10.0 Å².